The fourth-order valence-electron chi connectivity index (χ4n) is 1.35. The van der Waals surface area contributed by atoms with E-state index in [1.54, 1.807) is 0 Å². The maximum Gasteiger partial charge on any atom is 0.154 e. The fraction of sp³-hybridized carbons (Fsp3) is 0.833. The highest BCUT2D eigenvalue weighted by Crippen LogP contribution is 2.28. The van der Waals surface area contributed by atoms with Gasteiger partial charge in [0, 0.05) is 12.5 Å². The lowest BCUT2D eigenvalue weighted by molar-refractivity contribution is 0.468. The van der Waals surface area contributed by atoms with Gasteiger partial charge in [-0.2, -0.15) is 0 Å². The Kier molecular flexibility index (Phi) is 1.03. The Morgan fingerprint density at radius 2 is 2.30 bits per heavy atom. The van der Waals surface area contributed by atoms with Gasteiger partial charge >= 0.3 is 0 Å². The number of aromatic nitrogens is 4. The van der Waals surface area contributed by atoms with Crippen molar-refractivity contribution in [2.45, 2.75) is 26.3 Å². The van der Waals surface area contributed by atoms with Gasteiger partial charge in [0.25, 0.3) is 0 Å². The fourth-order valence-corrected chi connectivity index (χ4v) is 1.35. The Morgan fingerprint density at radius 1 is 1.50 bits per heavy atom. The van der Waals surface area contributed by atoms with Gasteiger partial charge < -0.3 is 0 Å². The number of fused-ring (bicyclic) bond motifs is 1. The highest BCUT2D eigenvalue weighted by molar-refractivity contribution is 4.99. The van der Waals surface area contributed by atoms with Crippen LogP contribution in [0.5, 0.6) is 0 Å². The standard InChI is InChI=1S/C6H10N4/c1-4-3-10-6(5(4)2)7-8-9-10/h4-5H,3H2,1-2H3. The molecule has 2 rings (SSSR count). The second kappa shape index (κ2) is 1.78. The molecule has 0 bridgehead atoms. The van der Waals surface area contributed by atoms with Crippen LogP contribution >= 0.6 is 0 Å². The van der Waals surface area contributed by atoms with E-state index in [0.717, 1.165) is 12.4 Å². The first-order valence-corrected chi connectivity index (χ1v) is 3.55. The highest BCUT2D eigenvalue weighted by atomic mass is 15.5. The van der Waals surface area contributed by atoms with E-state index in [1.807, 2.05) is 4.68 Å². The molecule has 0 aliphatic carbocycles. The van der Waals surface area contributed by atoms with Crippen LogP contribution in [0, 0.1) is 5.92 Å². The maximum absolute atomic E-state index is 3.93. The van der Waals surface area contributed by atoms with Crippen LogP contribution in [0.4, 0.5) is 0 Å². The lowest BCUT2D eigenvalue weighted by atomic mass is 10.00. The van der Waals surface area contributed by atoms with E-state index >= 15 is 0 Å². The largest absolute Gasteiger partial charge is 0.229 e. The molecular formula is C6H10N4. The van der Waals surface area contributed by atoms with E-state index in [0.29, 0.717) is 11.8 Å². The molecule has 2 unspecified atom stereocenters. The molecule has 0 aromatic carbocycles. The summed E-state index contributed by atoms with van der Waals surface area (Å²) in [6.07, 6.45) is 0. The maximum atomic E-state index is 3.93. The minimum Gasteiger partial charge on any atom is -0.229 e. The van der Waals surface area contributed by atoms with Gasteiger partial charge in [-0.25, -0.2) is 4.68 Å². The smallest absolute Gasteiger partial charge is 0.154 e. The zero-order valence-electron chi connectivity index (χ0n) is 6.15. The molecule has 0 spiro atoms. The van der Waals surface area contributed by atoms with Crippen molar-refractivity contribution in [2.75, 3.05) is 0 Å². The summed E-state index contributed by atoms with van der Waals surface area (Å²) in [5.74, 6) is 2.22. The van der Waals surface area contributed by atoms with E-state index in [9.17, 15) is 0 Å². The molecule has 10 heavy (non-hydrogen) atoms. The van der Waals surface area contributed by atoms with Crippen molar-refractivity contribution < 1.29 is 0 Å². The van der Waals surface area contributed by atoms with E-state index in [4.69, 9.17) is 0 Å². The number of hydrogen-bond acceptors (Lipinski definition) is 3. The van der Waals surface area contributed by atoms with Crippen LogP contribution in [-0.4, -0.2) is 20.2 Å². The van der Waals surface area contributed by atoms with E-state index in [-0.39, 0.29) is 0 Å². The second-order valence-electron chi connectivity index (χ2n) is 2.99. The van der Waals surface area contributed by atoms with Crippen LogP contribution < -0.4 is 0 Å². The Bertz CT molecular complexity index is 242. The molecule has 54 valence electrons. The Morgan fingerprint density at radius 3 is 3.00 bits per heavy atom. The van der Waals surface area contributed by atoms with Crippen LogP contribution in [-0.2, 0) is 6.54 Å². The monoisotopic (exact) mass is 138 g/mol. The van der Waals surface area contributed by atoms with Gasteiger partial charge in [0.1, 0.15) is 0 Å². The topological polar surface area (TPSA) is 43.6 Å². The number of nitrogens with zero attached hydrogens (tertiary/aromatic N) is 4. The van der Waals surface area contributed by atoms with Gasteiger partial charge in [-0.3, -0.25) is 0 Å². The second-order valence-corrected chi connectivity index (χ2v) is 2.99. The molecule has 1 aliphatic heterocycles. The van der Waals surface area contributed by atoms with E-state index in [2.05, 4.69) is 29.4 Å². The van der Waals surface area contributed by atoms with Gasteiger partial charge in [-0.15, -0.1) is 5.10 Å². The minimum atomic E-state index is 0.523. The Hall–Kier alpha value is -0.930. The average Bonchev–Trinajstić information content (AvgIpc) is 2.41. The number of rotatable bonds is 0. The predicted molar refractivity (Wildman–Crippen MR) is 35.4 cm³/mol. The van der Waals surface area contributed by atoms with Crippen LogP contribution in [0.3, 0.4) is 0 Å². The highest BCUT2D eigenvalue weighted by Gasteiger charge is 2.28. The molecule has 0 radical (unpaired) electrons. The molecule has 4 nitrogen and oxygen atoms in total. The zero-order valence-corrected chi connectivity index (χ0v) is 6.15. The summed E-state index contributed by atoms with van der Waals surface area (Å²) >= 11 is 0. The quantitative estimate of drug-likeness (QED) is 0.522. The number of tetrazole rings is 1. The molecule has 0 saturated heterocycles. The summed E-state index contributed by atoms with van der Waals surface area (Å²) < 4.78 is 1.88. The molecule has 1 aromatic heterocycles. The summed E-state index contributed by atoms with van der Waals surface area (Å²) in [5.41, 5.74) is 0. The zero-order chi connectivity index (χ0) is 7.14. The third-order valence-corrected chi connectivity index (χ3v) is 2.28. The van der Waals surface area contributed by atoms with E-state index in [1.165, 1.54) is 0 Å². The summed E-state index contributed by atoms with van der Waals surface area (Å²) in [7, 11) is 0. The lowest BCUT2D eigenvalue weighted by Crippen LogP contribution is -2.01. The van der Waals surface area contributed by atoms with Gasteiger partial charge in [0.2, 0.25) is 0 Å². The average molecular weight is 138 g/mol. The number of hydrogen-bond donors (Lipinski definition) is 0. The molecular weight excluding hydrogens is 128 g/mol. The van der Waals surface area contributed by atoms with Gasteiger partial charge in [0.15, 0.2) is 5.82 Å². The van der Waals surface area contributed by atoms with Gasteiger partial charge in [0.05, 0.1) is 0 Å². The molecule has 1 aromatic rings. The Labute approximate surface area is 59.2 Å². The molecule has 0 saturated carbocycles. The first-order valence-electron chi connectivity index (χ1n) is 3.55. The van der Waals surface area contributed by atoms with Crippen molar-refractivity contribution in [2.24, 2.45) is 5.92 Å². The summed E-state index contributed by atoms with van der Waals surface area (Å²) in [5, 5.41) is 11.4. The van der Waals surface area contributed by atoms with Crippen molar-refractivity contribution in [3.05, 3.63) is 5.82 Å². The first-order chi connectivity index (χ1) is 4.79. The van der Waals surface area contributed by atoms with Crippen molar-refractivity contribution in [1.29, 1.82) is 0 Å². The van der Waals surface area contributed by atoms with Crippen molar-refractivity contribution in [3.63, 3.8) is 0 Å². The molecule has 1 aliphatic rings. The Balaban J connectivity index is 2.43. The predicted octanol–water partition coefficient (Wildman–Crippen LogP) is 0.426. The third-order valence-electron chi connectivity index (χ3n) is 2.28. The molecule has 0 N–H and O–H groups in total. The van der Waals surface area contributed by atoms with Crippen molar-refractivity contribution in [3.8, 4) is 0 Å². The lowest BCUT2D eigenvalue weighted by Gasteiger charge is -2.03. The van der Waals surface area contributed by atoms with Gasteiger partial charge in [-0.05, 0) is 16.3 Å². The molecule has 0 amide bonds. The third kappa shape index (κ3) is 0.587. The first kappa shape index (κ1) is 5.82. The van der Waals surface area contributed by atoms with Crippen LogP contribution in [0.15, 0.2) is 0 Å². The molecule has 4 heteroatoms. The van der Waals surface area contributed by atoms with Crippen molar-refractivity contribution in [1.82, 2.24) is 20.2 Å². The molecule has 2 atom stereocenters. The summed E-state index contributed by atoms with van der Waals surface area (Å²) in [6.45, 7) is 5.35. The molecule has 2 heterocycles. The van der Waals surface area contributed by atoms with Crippen LogP contribution in [0.1, 0.15) is 25.6 Å². The minimum absolute atomic E-state index is 0.523. The molecule has 0 fully saturated rings. The SMILES string of the molecule is CC1Cn2nnnc2C1C. The van der Waals surface area contributed by atoms with Gasteiger partial charge in [-0.1, -0.05) is 13.8 Å². The summed E-state index contributed by atoms with van der Waals surface area (Å²) in [6, 6.07) is 0. The van der Waals surface area contributed by atoms with Crippen molar-refractivity contribution >= 4 is 0 Å². The van der Waals surface area contributed by atoms with E-state index < -0.39 is 0 Å². The van der Waals surface area contributed by atoms with Crippen LogP contribution in [0.2, 0.25) is 0 Å². The normalized spacial score (nSPS) is 30.6. The van der Waals surface area contributed by atoms with Crippen LogP contribution in [0.25, 0.3) is 0 Å². The summed E-state index contributed by atoms with van der Waals surface area (Å²) in [4.78, 5) is 0.